The molecule has 3 rings (SSSR count). The number of hydrogen-bond acceptors (Lipinski definition) is 3. The second-order valence-corrected chi connectivity index (χ2v) is 8.01. The number of carbonyl (C=O) groups is 1. The van der Waals surface area contributed by atoms with Crippen molar-refractivity contribution in [2.24, 2.45) is 0 Å². The summed E-state index contributed by atoms with van der Waals surface area (Å²) >= 11 is 0. The van der Waals surface area contributed by atoms with Crippen molar-refractivity contribution in [3.8, 4) is 0 Å². The van der Waals surface area contributed by atoms with E-state index in [2.05, 4.69) is 79.1 Å². The Labute approximate surface area is 169 Å². The van der Waals surface area contributed by atoms with Gasteiger partial charge in [-0.25, -0.2) is 0 Å². The van der Waals surface area contributed by atoms with E-state index in [-0.39, 0.29) is 5.91 Å². The molecule has 1 fully saturated rings. The third kappa shape index (κ3) is 5.59. The Morgan fingerprint density at radius 2 is 1.71 bits per heavy atom. The van der Waals surface area contributed by atoms with Crippen LogP contribution in [0.5, 0.6) is 0 Å². The van der Waals surface area contributed by atoms with E-state index < -0.39 is 0 Å². The molecule has 0 bridgehead atoms. The lowest BCUT2D eigenvalue weighted by Gasteiger charge is -2.37. The van der Waals surface area contributed by atoms with Crippen molar-refractivity contribution >= 4 is 11.6 Å². The Morgan fingerprint density at radius 3 is 2.36 bits per heavy atom. The molecule has 0 saturated carbocycles. The quantitative estimate of drug-likeness (QED) is 0.729. The molecule has 0 aliphatic carbocycles. The van der Waals surface area contributed by atoms with E-state index in [1.54, 1.807) is 0 Å². The minimum atomic E-state index is 0.280. The van der Waals surface area contributed by atoms with Gasteiger partial charge in [-0.3, -0.25) is 9.69 Å². The van der Waals surface area contributed by atoms with Crippen LogP contribution in [0.3, 0.4) is 0 Å². The standard InChI is InChI=1S/C24H33N3O/c1-20(2)27(19-22-9-5-4-6-10-22)13-12-24(28)26-16-14-25(15-17-26)23-11-7-8-21(3)18-23/h4-11,18,20H,12-17,19H2,1-3H3. The molecule has 1 aliphatic heterocycles. The highest BCUT2D eigenvalue weighted by molar-refractivity contribution is 5.76. The number of nitrogens with zero attached hydrogens (tertiary/aromatic N) is 3. The van der Waals surface area contributed by atoms with Gasteiger partial charge in [0.1, 0.15) is 0 Å². The zero-order chi connectivity index (χ0) is 19.9. The highest BCUT2D eigenvalue weighted by Gasteiger charge is 2.22. The van der Waals surface area contributed by atoms with Crippen LogP contribution < -0.4 is 4.90 Å². The average molecular weight is 380 g/mol. The van der Waals surface area contributed by atoms with Crippen molar-refractivity contribution in [2.75, 3.05) is 37.6 Å². The van der Waals surface area contributed by atoms with Gasteiger partial charge >= 0.3 is 0 Å². The Kier molecular flexibility index (Phi) is 7.10. The molecule has 1 heterocycles. The van der Waals surface area contributed by atoms with Crippen LogP contribution in [0.15, 0.2) is 54.6 Å². The van der Waals surface area contributed by atoms with E-state index in [1.807, 2.05) is 11.0 Å². The predicted molar refractivity (Wildman–Crippen MR) is 117 cm³/mol. The van der Waals surface area contributed by atoms with E-state index in [4.69, 9.17) is 0 Å². The van der Waals surface area contributed by atoms with Crippen LogP contribution in [0.2, 0.25) is 0 Å². The van der Waals surface area contributed by atoms with Crippen LogP contribution in [0.1, 0.15) is 31.4 Å². The molecule has 4 heteroatoms. The topological polar surface area (TPSA) is 26.8 Å². The van der Waals surface area contributed by atoms with Crippen molar-refractivity contribution in [2.45, 2.75) is 39.8 Å². The van der Waals surface area contributed by atoms with Crippen molar-refractivity contribution in [1.82, 2.24) is 9.80 Å². The number of aryl methyl sites for hydroxylation is 1. The van der Waals surface area contributed by atoms with Crippen LogP contribution in [-0.4, -0.2) is 54.5 Å². The lowest BCUT2D eigenvalue weighted by Crippen LogP contribution is -2.49. The highest BCUT2D eigenvalue weighted by atomic mass is 16.2. The Balaban J connectivity index is 1.48. The SMILES string of the molecule is Cc1cccc(N2CCN(C(=O)CCN(Cc3ccccc3)C(C)C)CC2)c1. The maximum Gasteiger partial charge on any atom is 0.223 e. The molecule has 0 atom stereocenters. The summed E-state index contributed by atoms with van der Waals surface area (Å²) in [5, 5.41) is 0. The molecule has 1 amide bonds. The Morgan fingerprint density at radius 1 is 1.00 bits per heavy atom. The zero-order valence-corrected chi connectivity index (χ0v) is 17.5. The van der Waals surface area contributed by atoms with E-state index in [0.29, 0.717) is 12.5 Å². The summed E-state index contributed by atoms with van der Waals surface area (Å²) in [5.74, 6) is 0.280. The summed E-state index contributed by atoms with van der Waals surface area (Å²) in [6.07, 6.45) is 0.593. The molecule has 0 unspecified atom stereocenters. The van der Waals surface area contributed by atoms with E-state index in [1.165, 1.54) is 16.8 Å². The van der Waals surface area contributed by atoms with Crippen molar-refractivity contribution in [3.63, 3.8) is 0 Å². The summed E-state index contributed by atoms with van der Waals surface area (Å²) in [6.45, 7) is 11.7. The summed E-state index contributed by atoms with van der Waals surface area (Å²) in [7, 11) is 0. The molecule has 150 valence electrons. The summed E-state index contributed by atoms with van der Waals surface area (Å²) < 4.78 is 0. The van der Waals surface area contributed by atoms with Gasteiger partial charge in [-0.2, -0.15) is 0 Å². The zero-order valence-electron chi connectivity index (χ0n) is 17.5. The van der Waals surface area contributed by atoms with E-state index in [9.17, 15) is 4.79 Å². The number of benzene rings is 2. The van der Waals surface area contributed by atoms with Crippen LogP contribution >= 0.6 is 0 Å². The molecule has 0 radical (unpaired) electrons. The molecular weight excluding hydrogens is 346 g/mol. The molecule has 0 spiro atoms. The molecule has 0 aromatic heterocycles. The minimum absolute atomic E-state index is 0.280. The number of amides is 1. The Bertz CT molecular complexity index is 751. The number of rotatable bonds is 7. The first-order valence-corrected chi connectivity index (χ1v) is 10.4. The molecule has 28 heavy (non-hydrogen) atoms. The van der Waals surface area contributed by atoms with Gasteiger partial charge in [0.2, 0.25) is 5.91 Å². The monoisotopic (exact) mass is 379 g/mol. The van der Waals surface area contributed by atoms with Gasteiger partial charge in [-0.05, 0) is 44.0 Å². The maximum atomic E-state index is 12.8. The first-order chi connectivity index (χ1) is 13.5. The number of hydrogen-bond donors (Lipinski definition) is 0. The molecule has 1 saturated heterocycles. The normalized spacial score (nSPS) is 14.8. The van der Waals surface area contributed by atoms with Gasteiger partial charge in [-0.15, -0.1) is 0 Å². The maximum absolute atomic E-state index is 12.8. The average Bonchev–Trinajstić information content (AvgIpc) is 2.71. The molecule has 1 aliphatic rings. The Hall–Kier alpha value is -2.33. The number of anilines is 1. The van der Waals surface area contributed by atoms with Crippen LogP contribution in [0.4, 0.5) is 5.69 Å². The van der Waals surface area contributed by atoms with Crippen LogP contribution in [0, 0.1) is 6.92 Å². The summed E-state index contributed by atoms with van der Waals surface area (Å²) in [6, 6.07) is 19.5. The fraction of sp³-hybridized carbons (Fsp3) is 0.458. The molecule has 0 N–H and O–H groups in total. The molecule has 2 aromatic rings. The second kappa shape index (κ2) is 9.74. The van der Waals surface area contributed by atoms with Crippen LogP contribution in [-0.2, 0) is 11.3 Å². The van der Waals surface area contributed by atoms with Gasteiger partial charge in [0.05, 0.1) is 0 Å². The largest absolute Gasteiger partial charge is 0.368 e. The molecule has 4 nitrogen and oxygen atoms in total. The van der Waals surface area contributed by atoms with Crippen molar-refractivity contribution in [3.05, 3.63) is 65.7 Å². The third-order valence-electron chi connectivity index (χ3n) is 5.57. The number of piperazine rings is 1. The molecular formula is C24H33N3O. The first kappa shape index (κ1) is 20.4. The van der Waals surface area contributed by atoms with Crippen molar-refractivity contribution < 1.29 is 4.79 Å². The van der Waals surface area contributed by atoms with Crippen molar-refractivity contribution in [1.29, 1.82) is 0 Å². The first-order valence-electron chi connectivity index (χ1n) is 10.4. The second-order valence-electron chi connectivity index (χ2n) is 8.01. The fourth-order valence-corrected chi connectivity index (χ4v) is 3.77. The highest BCUT2D eigenvalue weighted by Crippen LogP contribution is 2.18. The lowest BCUT2D eigenvalue weighted by atomic mass is 10.1. The van der Waals surface area contributed by atoms with E-state index >= 15 is 0 Å². The van der Waals surface area contributed by atoms with Gasteiger partial charge in [0.25, 0.3) is 0 Å². The van der Waals surface area contributed by atoms with Gasteiger partial charge < -0.3 is 9.80 Å². The summed E-state index contributed by atoms with van der Waals surface area (Å²) in [4.78, 5) is 19.6. The minimum Gasteiger partial charge on any atom is -0.368 e. The lowest BCUT2D eigenvalue weighted by molar-refractivity contribution is -0.132. The number of carbonyl (C=O) groups excluding carboxylic acids is 1. The summed E-state index contributed by atoms with van der Waals surface area (Å²) in [5.41, 5.74) is 3.85. The van der Waals surface area contributed by atoms with Gasteiger partial charge in [0, 0.05) is 57.4 Å². The van der Waals surface area contributed by atoms with E-state index in [0.717, 1.165) is 39.3 Å². The predicted octanol–water partition coefficient (Wildman–Crippen LogP) is 3.94. The fourth-order valence-electron chi connectivity index (χ4n) is 3.77. The van der Waals surface area contributed by atoms with Gasteiger partial charge in [-0.1, -0.05) is 42.5 Å². The van der Waals surface area contributed by atoms with Gasteiger partial charge in [0.15, 0.2) is 0 Å². The smallest absolute Gasteiger partial charge is 0.223 e. The van der Waals surface area contributed by atoms with Crippen LogP contribution in [0.25, 0.3) is 0 Å². The molecule has 2 aromatic carbocycles. The third-order valence-corrected chi connectivity index (χ3v) is 5.57.